The molecule has 3 rings (SSSR count). The predicted octanol–water partition coefficient (Wildman–Crippen LogP) is 4.21. The van der Waals surface area contributed by atoms with E-state index in [2.05, 4.69) is 10.6 Å². The van der Waals surface area contributed by atoms with Crippen molar-refractivity contribution in [3.63, 3.8) is 0 Å². The quantitative estimate of drug-likeness (QED) is 0.290. The van der Waals surface area contributed by atoms with Gasteiger partial charge in [0.05, 0.1) is 5.02 Å². The molecular weight excluding hydrogens is 479 g/mol. The number of aliphatic carboxylic acids is 1. The van der Waals surface area contributed by atoms with E-state index in [9.17, 15) is 24.2 Å². The molecule has 0 radical (unpaired) electrons. The van der Waals surface area contributed by atoms with Crippen molar-refractivity contribution in [3.05, 3.63) is 94.8 Å². The molecule has 2 atom stereocenters. The minimum atomic E-state index is -1.34. The summed E-state index contributed by atoms with van der Waals surface area (Å²) in [4.78, 5) is 23.5. The summed E-state index contributed by atoms with van der Waals surface area (Å²) in [5.74, 6) is -1.33. The van der Waals surface area contributed by atoms with Crippen LogP contribution >= 0.6 is 11.6 Å². The first-order chi connectivity index (χ1) is 16.8. The molecule has 10 heteroatoms. The van der Waals surface area contributed by atoms with Gasteiger partial charge in [-0.1, -0.05) is 48.0 Å². The molecule has 0 spiro atoms. The van der Waals surface area contributed by atoms with E-state index in [-0.39, 0.29) is 25.5 Å². The number of aliphatic hydroxyl groups is 1. The molecule has 0 aliphatic rings. The molecule has 0 bridgehead atoms. The lowest BCUT2D eigenvalue weighted by molar-refractivity contribution is -0.140. The summed E-state index contributed by atoms with van der Waals surface area (Å²) in [6.45, 7) is -0.434. The second-order valence-electron chi connectivity index (χ2n) is 7.54. The van der Waals surface area contributed by atoms with Gasteiger partial charge in [-0.25, -0.2) is 14.0 Å². The molecule has 0 saturated heterocycles. The summed E-state index contributed by atoms with van der Waals surface area (Å²) in [6, 6.07) is 17.9. The normalized spacial score (nSPS) is 12.3. The fourth-order valence-corrected chi connectivity index (χ4v) is 3.22. The Morgan fingerprint density at radius 1 is 0.971 bits per heavy atom. The minimum absolute atomic E-state index is 0.0953. The van der Waals surface area contributed by atoms with Crippen LogP contribution in [-0.2, 0) is 22.6 Å². The number of nitrogens with one attached hydrogen (secondary N) is 2. The number of hydrogen-bond donors (Lipinski definition) is 4. The summed E-state index contributed by atoms with van der Waals surface area (Å²) in [5.41, 5.74) is 2.06. The number of amides is 1. The molecule has 0 saturated carbocycles. The van der Waals surface area contributed by atoms with Gasteiger partial charge in [-0.05, 0) is 47.5 Å². The maximum atomic E-state index is 13.0. The van der Waals surface area contributed by atoms with Crippen LogP contribution in [0.2, 0.25) is 5.02 Å². The Morgan fingerprint density at radius 3 is 2.29 bits per heavy atom. The van der Waals surface area contributed by atoms with E-state index in [1.54, 1.807) is 60.7 Å². The van der Waals surface area contributed by atoms with E-state index in [0.29, 0.717) is 22.0 Å². The van der Waals surface area contributed by atoms with Gasteiger partial charge in [0.25, 0.3) is 0 Å². The minimum Gasteiger partial charge on any atom is -0.489 e. The molecule has 8 nitrogen and oxygen atoms in total. The molecule has 4 N–H and O–H groups in total. The number of benzene rings is 3. The van der Waals surface area contributed by atoms with Crippen molar-refractivity contribution in [1.82, 2.24) is 5.32 Å². The zero-order valence-corrected chi connectivity index (χ0v) is 19.2. The van der Waals surface area contributed by atoms with Gasteiger partial charge < -0.3 is 30.3 Å². The Balaban J connectivity index is 1.44. The number of anilines is 1. The monoisotopic (exact) mass is 502 g/mol. The zero-order valence-electron chi connectivity index (χ0n) is 18.5. The molecule has 0 aliphatic carbocycles. The summed E-state index contributed by atoms with van der Waals surface area (Å²) in [7, 11) is 0. The first-order valence-electron chi connectivity index (χ1n) is 10.6. The van der Waals surface area contributed by atoms with Gasteiger partial charge in [0, 0.05) is 12.1 Å². The van der Waals surface area contributed by atoms with Crippen LogP contribution in [-0.4, -0.2) is 41.2 Å². The maximum absolute atomic E-state index is 13.0. The number of halogens is 2. The number of carboxylic acids is 1. The molecule has 3 aromatic carbocycles. The van der Waals surface area contributed by atoms with Crippen molar-refractivity contribution >= 4 is 29.4 Å². The molecule has 184 valence electrons. The lowest BCUT2D eigenvalue weighted by atomic mass is 10.1. The van der Waals surface area contributed by atoms with Crippen molar-refractivity contribution in [2.45, 2.75) is 25.3 Å². The van der Waals surface area contributed by atoms with Crippen molar-refractivity contribution < 1.29 is 33.7 Å². The Bertz CT molecular complexity index is 1130. The highest BCUT2D eigenvalue weighted by atomic mass is 35.5. The predicted molar refractivity (Wildman–Crippen MR) is 128 cm³/mol. The molecule has 3 aromatic rings. The highest BCUT2D eigenvalue weighted by molar-refractivity contribution is 6.32. The van der Waals surface area contributed by atoms with Crippen LogP contribution in [0.5, 0.6) is 5.75 Å². The summed E-state index contributed by atoms with van der Waals surface area (Å²) in [6.07, 6.45) is -1.51. The number of carbonyl (C=O) groups excluding carboxylic acids is 1. The SMILES string of the molecule is O=C(N[C@@H](COc1ccccc1Cl)C(=O)O)OCc1ccc(N[C@H](O)Cc2ccc(F)cc2)cc1. The standard InChI is InChI=1S/C25H24ClFN2O6/c26-20-3-1-2-4-22(20)34-15-21(24(31)32)29-25(33)35-14-17-7-11-19(12-8-17)28-23(30)13-16-5-9-18(27)10-6-16/h1-12,21,23,28,30H,13-15H2,(H,29,33)(H,31,32)/t21-,23+/m0/s1. The van der Waals surface area contributed by atoms with Gasteiger partial charge in [-0.3, -0.25) is 0 Å². The van der Waals surface area contributed by atoms with Crippen molar-refractivity contribution in [1.29, 1.82) is 0 Å². The van der Waals surface area contributed by atoms with Gasteiger partial charge >= 0.3 is 12.1 Å². The van der Waals surface area contributed by atoms with Gasteiger partial charge in [-0.2, -0.15) is 0 Å². The number of hydrogen-bond acceptors (Lipinski definition) is 6. The van der Waals surface area contributed by atoms with E-state index in [4.69, 9.17) is 21.1 Å². The van der Waals surface area contributed by atoms with Crippen LogP contribution in [0.15, 0.2) is 72.8 Å². The maximum Gasteiger partial charge on any atom is 0.408 e. The molecular formula is C25H24ClFN2O6. The highest BCUT2D eigenvalue weighted by Gasteiger charge is 2.22. The summed E-state index contributed by atoms with van der Waals surface area (Å²) < 4.78 is 23.5. The van der Waals surface area contributed by atoms with Crippen LogP contribution < -0.4 is 15.4 Å². The third-order valence-corrected chi connectivity index (χ3v) is 5.14. The first-order valence-corrected chi connectivity index (χ1v) is 11.0. The van der Waals surface area contributed by atoms with Gasteiger partial charge in [0.1, 0.15) is 31.0 Å². The van der Waals surface area contributed by atoms with Gasteiger partial charge in [0.2, 0.25) is 0 Å². The number of para-hydroxylation sites is 1. The van der Waals surface area contributed by atoms with Crippen molar-refractivity contribution in [3.8, 4) is 5.75 Å². The molecule has 0 fully saturated rings. The second-order valence-corrected chi connectivity index (χ2v) is 7.95. The van der Waals surface area contributed by atoms with E-state index >= 15 is 0 Å². The van der Waals surface area contributed by atoms with Crippen molar-refractivity contribution in [2.75, 3.05) is 11.9 Å². The van der Waals surface area contributed by atoms with Crippen molar-refractivity contribution in [2.24, 2.45) is 0 Å². The number of carboxylic acid groups (broad SMARTS) is 1. The third kappa shape index (κ3) is 8.47. The Labute approximate surface area is 206 Å². The molecule has 35 heavy (non-hydrogen) atoms. The van der Waals surface area contributed by atoms with E-state index in [1.807, 2.05) is 0 Å². The molecule has 0 aliphatic heterocycles. The Morgan fingerprint density at radius 2 is 1.63 bits per heavy atom. The summed E-state index contributed by atoms with van der Waals surface area (Å²) >= 11 is 5.98. The van der Waals surface area contributed by atoms with Crippen LogP contribution in [0.4, 0.5) is 14.9 Å². The number of rotatable bonds is 11. The van der Waals surface area contributed by atoms with Crippen LogP contribution in [0, 0.1) is 5.82 Å². The average Bonchev–Trinajstić information content (AvgIpc) is 2.83. The van der Waals surface area contributed by atoms with Crippen LogP contribution in [0.1, 0.15) is 11.1 Å². The lowest BCUT2D eigenvalue weighted by Crippen LogP contribution is -2.45. The molecule has 0 aromatic heterocycles. The average molecular weight is 503 g/mol. The largest absolute Gasteiger partial charge is 0.489 e. The van der Waals surface area contributed by atoms with E-state index < -0.39 is 24.3 Å². The number of alkyl carbamates (subject to hydrolysis) is 1. The summed E-state index contributed by atoms with van der Waals surface area (Å²) in [5, 5.41) is 25.0. The Hall–Kier alpha value is -3.82. The van der Waals surface area contributed by atoms with Crippen LogP contribution in [0.3, 0.4) is 0 Å². The Kier molecular flexibility index (Phi) is 9.28. The second kappa shape index (κ2) is 12.6. The van der Waals surface area contributed by atoms with Gasteiger partial charge in [0.15, 0.2) is 6.04 Å². The first kappa shape index (κ1) is 25.8. The van der Waals surface area contributed by atoms with E-state index in [0.717, 1.165) is 5.56 Å². The molecule has 0 heterocycles. The van der Waals surface area contributed by atoms with E-state index in [1.165, 1.54) is 12.1 Å². The fraction of sp³-hybridized carbons (Fsp3) is 0.200. The number of aliphatic hydroxyl groups excluding tert-OH is 1. The number of ether oxygens (including phenoxy) is 2. The lowest BCUT2D eigenvalue weighted by Gasteiger charge is -2.16. The zero-order chi connectivity index (χ0) is 25.2. The third-order valence-electron chi connectivity index (χ3n) is 4.83. The van der Waals surface area contributed by atoms with Crippen LogP contribution in [0.25, 0.3) is 0 Å². The van der Waals surface area contributed by atoms with Gasteiger partial charge in [-0.15, -0.1) is 0 Å². The number of carbonyl (C=O) groups is 2. The topological polar surface area (TPSA) is 117 Å². The fourth-order valence-electron chi connectivity index (χ4n) is 3.03. The molecule has 1 amide bonds. The molecule has 0 unspecified atom stereocenters. The smallest absolute Gasteiger partial charge is 0.408 e. The highest BCUT2D eigenvalue weighted by Crippen LogP contribution is 2.23.